The molecular weight excluding hydrogens is 268 g/mol. The second-order valence-electron chi connectivity index (χ2n) is 7.42. The molecule has 22 heavy (non-hydrogen) atoms. The van der Waals surface area contributed by atoms with Crippen LogP contribution in [-0.2, 0) is 6.42 Å². The monoisotopic (exact) mass is 292 g/mol. The molecule has 1 aromatic heterocycles. The van der Waals surface area contributed by atoms with Crippen molar-refractivity contribution in [3.05, 3.63) is 60.3 Å². The maximum absolute atomic E-state index is 4.29. The van der Waals surface area contributed by atoms with Gasteiger partial charge >= 0.3 is 0 Å². The molecule has 1 fully saturated rings. The number of fused-ring (bicyclic) bond motifs is 3. The summed E-state index contributed by atoms with van der Waals surface area (Å²) in [5, 5.41) is 5.25. The molecule has 0 radical (unpaired) electrons. The lowest BCUT2D eigenvalue weighted by atomic mass is 9.67. The van der Waals surface area contributed by atoms with Crippen LogP contribution in [-0.4, -0.2) is 16.6 Å². The lowest BCUT2D eigenvalue weighted by molar-refractivity contribution is 0.143. The van der Waals surface area contributed by atoms with Crippen LogP contribution in [0.1, 0.15) is 25.8 Å². The van der Waals surface area contributed by atoms with E-state index in [1.807, 2.05) is 0 Å². The molecule has 2 heteroatoms. The molecule has 4 rings (SSSR count). The van der Waals surface area contributed by atoms with Crippen LogP contribution in [0.5, 0.6) is 0 Å². The zero-order valence-corrected chi connectivity index (χ0v) is 13.4. The van der Waals surface area contributed by atoms with Crippen LogP contribution in [0.15, 0.2) is 54.8 Å². The molecule has 0 spiro atoms. The number of aromatic nitrogens is 1. The highest BCUT2D eigenvalue weighted by atomic mass is 15.0. The molecule has 2 bridgehead atoms. The van der Waals surface area contributed by atoms with E-state index in [-0.39, 0.29) is 5.54 Å². The highest BCUT2D eigenvalue weighted by molar-refractivity contribution is 5.83. The fraction of sp³-hybridized carbons (Fsp3) is 0.400. The van der Waals surface area contributed by atoms with Gasteiger partial charge < -0.3 is 10.3 Å². The predicted octanol–water partition coefficient (Wildman–Crippen LogP) is 4.21. The van der Waals surface area contributed by atoms with Crippen molar-refractivity contribution in [2.24, 2.45) is 11.8 Å². The van der Waals surface area contributed by atoms with E-state index in [1.54, 1.807) is 0 Å². The number of H-pyrrole nitrogens is 1. The molecule has 2 heterocycles. The summed E-state index contributed by atoms with van der Waals surface area (Å²) in [6.07, 6.45) is 9.05. The first-order chi connectivity index (χ1) is 10.5. The molecule has 3 atom stereocenters. The molecule has 0 saturated carbocycles. The third-order valence-electron chi connectivity index (χ3n) is 5.61. The number of benzene rings is 1. The molecule has 0 amide bonds. The number of aromatic amines is 1. The van der Waals surface area contributed by atoms with E-state index in [4.69, 9.17) is 0 Å². The van der Waals surface area contributed by atoms with E-state index in [2.05, 4.69) is 73.3 Å². The Bertz CT molecular complexity index is 750. The van der Waals surface area contributed by atoms with Gasteiger partial charge in [0.1, 0.15) is 0 Å². The third kappa shape index (κ3) is 2.14. The molecule has 1 saturated heterocycles. The summed E-state index contributed by atoms with van der Waals surface area (Å²) < 4.78 is 0. The molecule has 2 N–H and O–H groups in total. The van der Waals surface area contributed by atoms with Gasteiger partial charge in [-0.1, -0.05) is 42.5 Å². The van der Waals surface area contributed by atoms with Gasteiger partial charge in [0.15, 0.2) is 0 Å². The van der Waals surface area contributed by atoms with Gasteiger partial charge in [0.05, 0.1) is 0 Å². The zero-order chi connectivity index (χ0) is 15.3. The van der Waals surface area contributed by atoms with Gasteiger partial charge in [-0.3, -0.25) is 0 Å². The van der Waals surface area contributed by atoms with E-state index in [9.17, 15) is 0 Å². The Hall–Kier alpha value is -1.80. The number of rotatable bonds is 2. The first kappa shape index (κ1) is 13.8. The van der Waals surface area contributed by atoms with E-state index in [0.29, 0.717) is 17.9 Å². The molecule has 2 aromatic rings. The predicted molar refractivity (Wildman–Crippen MR) is 92.9 cm³/mol. The van der Waals surface area contributed by atoms with E-state index >= 15 is 0 Å². The average Bonchev–Trinajstić information content (AvgIpc) is 2.89. The van der Waals surface area contributed by atoms with Crippen molar-refractivity contribution in [1.29, 1.82) is 0 Å². The second-order valence-corrected chi connectivity index (χ2v) is 7.42. The van der Waals surface area contributed by atoms with E-state index in [0.717, 1.165) is 6.42 Å². The molecule has 1 aromatic carbocycles. The Morgan fingerprint density at radius 3 is 2.95 bits per heavy atom. The third-order valence-corrected chi connectivity index (χ3v) is 5.61. The van der Waals surface area contributed by atoms with Crippen LogP contribution in [0.25, 0.3) is 10.9 Å². The Morgan fingerprint density at radius 2 is 2.09 bits per heavy atom. The summed E-state index contributed by atoms with van der Waals surface area (Å²) in [6.45, 7) is 8.95. The smallest absolute Gasteiger partial charge is 0.0456 e. The minimum atomic E-state index is 0.157. The Kier molecular flexibility index (Phi) is 3.05. The van der Waals surface area contributed by atoms with Gasteiger partial charge in [-0.2, -0.15) is 0 Å². The Balaban J connectivity index is 1.67. The Morgan fingerprint density at radius 1 is 1.27 bits per heavy atom. The van der Waals surface area contributed by atoms with Crippen molar-refractivity contribution in [3.63, 3.8) is 0 Å². The molecule has 0 unspecified atom stereocenters. The molecule has 2 nitrogen and oxygen atoms in total. The van der Waals surface area contributed by atoms with Gasteiger partial charge in [-0.15, -0.1) is 0 Å². The summed E-state index contributed by atoms with van der Waals surface area (Å²) in [7, 11) is 0. The van der Waals surface area contributed by atoms with Crippen LogP contribution in [0, 0.1) is 11.8 Å². The minimum absolute atomic E-state index is 0.157. The van der Waals surface area contributed by atoms with Gasteiger partial charge in [0, 0.05) is 28.7 Å². The number of para-hydroxylation sites is 1. The fourth-order valence-electron chi connectivity index (χ4n) is 4.24. The number of hydrogen-bond acceptors (Lipinski definition) is 1. The number of nitrogens with one attached hydrogen (secondary N) is 2. The van der Waals surface area contributed by atoms with Crippen molar-refractivity contribution < 1.29 is 0 Å². The van der Waals surface area contributed by atoms with Crippen LogP contribution in [0.4, 0.5) is 0 Å². The van der Waals surface area contributed by atoms with Gasteiger partial charge in [0.2, 0.25) is 0 Å². The summed E-state index contributed by atoms with van der Waals surface area (Å²) in [5.74, 6) is 1.17. The summed E-state index contributed by atoms with van der Waals surface area (Å²) in [5.41, 5.74) is 4.08. The van der Waals surface area contributed by atoms with Crippen LogP contribution >= 0.6 is 0 Å². The quantitative estimate of drug-likeness (QED) is 0.852. The first-order valence-corrected chi connectivity index (χ1v) is 8.24. The zero-order valence-electron chi connectivity index (χ0n) is 13.4. The topological polar surface area (TPSA) is 27.8 Å². The molecule has 2 aliphatic rings. The largest absolute Gasteiger partial charge is 0.361 e. The molecule has 1 aliphatic heterocycles. The summed E-state index contributed by atoms with van der Waals surface area (Å²) >= 11 is 0. The van der Waals surface area contributed by atoms with Crippen LogP contribution < -0.4 is 5.32 Å². The molecule has 1 aliphatic carbocycles. The highest BCUT2D eigenvalue weighted by Crippen LogP contribution is 2.41. The molecular formula is C20H24N2. The van der Waals surface area contributed by atoms with Crippen LogP contribution in [0.3, 0.4) is 0 Å². The second kappa shape index (κ2) is 4.85. The van der Waals surface area contributed by atoms with Crippen molar-refractivity contribution >= 4 is 10.9 Å². The average molecular weight is 292 g/mol. The van der Waals surface area contributed by atoms with Crippen molar-refractivity contribution in [2.45, 2.75) is 38.3 Å². The first-order valence-electron chi connectivity index (χ1n) is 8.24. The number of hydrogen-bond donors (Lipinski definition) is 2. The lowest BCUT2D eigenvalue weighted by Crippen LogP contribution is -2.59. The highest BCUT2D eigenvalue weighted by Gasteiger charge is 2.42. The maximum Gasteiger partial charge on any atom is 0.0456 e. The normalized spacial score (nSPS) is 29.9. The summed E-state index contributed by atoms with van der Waals surface area (Å²) in [6, 6.07) is 9.03. The van der Waals surface area contributed by atoms with Crippen molar-refractivity contribution in [1.82, 2.24) is 10.3 Å². The van der Waals surface area contributed by atoms with Gasteiger partial charge in [0.25, 0.3) is 0 Å². The fourth-order valence-corrected chi connectivity index (χ4v) is 4.24. The van der Waals surface area contributed by atoms with E-state index in [1.165, 1.54) is 28.5 Å². The summed E-state index contributed by atoms with van der Waals surface area (Å²) in [4.78, 5) is 3.40. The van der Waals surface area contributed by atoms with Crippen molar-refractivity contribution in [2.75, 3.05) is 0 Å². The Labute approximate surface area is 132 Å². The minimum Gasteiger partial charge on any atom is -0.361 e. The van der Waals surface area contributed by atoms with Crippen LogP contribution in [0.2, 0.25) is 0 Å². The van der Waals surface area contributed by atoms with E-state index < -0.39 is 0 Å². The van der Waals surface area contributed by atoms with Gasteiger partial charge in [-0.25, -0.2) is 0 Å². The van der Waals surface area contributed by atoms with Crippen molar-refractivity contribution in [3.8, 4) is 0 Å². The lowest BCUT2D eigenvalue weighted by Gasteiger charge is -2.49. The SMILES string of the molecule is C=C1C=C[C@H]2C[C@@H]1[C@@H](Cc1c[nH]c3ccccc13)NC2(C)C. The standard InChI is InChI=1S/C20H24N2/c1-13-8-9-15-11-17(13)19(22-20(15,2)3)10-14-12-21-18-7-5-4-6-16(14)18/h4-9,12,15,17,19,21-22H,1,10-11H2,2-3H3/t15-,17-,19+/m0/s1. The maximum atomic E-state index is 4.29. The molecule has 114 valence electrons. The van der Waals surface area contributed by atoms with Gasteiger partial charge in [-0.05, 0) is 50.2 Å². The number of piperidine rings is 1. The number of allylic oxidation sites excluding steroid dienone is 1.